The second kappa shape index (κ2) is 6.23. The molecule has 0 aliphatic heterocycles. The van der Waals surface area contributed by atoms with Crippen molar-refractivity contribution >= 4 is 46.5 Å². The predicted octanol–water partition coefficient (Wildman–Crippen LogP) is 2.84. The van der Waals surface area contributed by atoms with Crippen LogP contribution in [0.3, 0.4) is 0 Å². The molecule has 2 rings (SSSR count). The van der Waals surface area contributed by atoms with Crippen LogP contribution in [0.2, 0.25) is 10.2 Å². The summed E-state index contributed by atoms with van der Waals surface area (Å²) in [6, 6.07) is 0. The first-order valence-corrected chi connectivity index (χ1v) is 6.95. The normalized spacial score (nSPS) is 10.5. The van der Waals surface area contributed by atoms with Gasteiger partial charge in [-0.2, -0.15) is 0 Å². The molecule has 0 radical (unpaired) electrons. The van der Waals surface area contributed by atoms with E-state index in [1.807, 2.05) is 6.92 Å². The molecule has 2 aromatic heterocycles. The lowest BCUT2D eigenvalue weighted by Gasteiger charge is -2.05. The number of amides is 1. The molecule has 0 aliphatic rings. The van der Waals surface area contributed by atoms with E-state index in [2.05, 4.69) is 24.9 Å². The van der Waals surface area contributed by atoms with E-state index in [-0.39, 0.29) is 21.9 Å². The smallest absolute Gasteiger partial charge is 0.270 e. The predicted molar refractivity (Wildman–Crippen MR) is 73.9 cm³/mol. The van der Waals surface area contributed by atoms with E-state index in [9.17, 15) is 4.79 Å². The van der Waals surface area contributed by atoms with Gasteiger partial charge >= 0.3 is 0 Å². The Kier molecular flexibility index (Phi) is 4.62. The van der Waals surface area contributed by atoms with Crippen LogP contribution in [-0.4, -0.2) is 25.5 Å². The van der Waals surface area contributed by atoms with Crippen molar-refractivity contribution in [2.45, 2.75) is 19.8 Å². The average molecular weight is 318 g/mol. The van der Waals surface area contributed by atoms with Gasteiger partial charge < -0.3 is 5.32 Å². The zero-order chi connectivity index (χ0) is 13.8. The number of carbonyl (C=O) groups is 1. The lowest BCUT2D eigenvalue weighted by molar-refractivity contribution is 0.102. The highest BCUT2D eigenvalue weighted by atomic mass is 35.5. The van der Waals surface area contributed by atoms with Gasteiger partial charge in [0.1, 0.15) is 16.2 Å². The molecule has 0 aromatic carbocycles. The molecule has 0 atom stereocenters. The molecule has 0 bridgehead atoms. The Bertz CT molecular complexity index is 603. The number of hydrogen-bond donors (Lipinski definition) is 1. The van der Waals surface area contributed by atoms with E-state index < -0.39 is 0 Å². The van der Waals surface area contributed by atoms with Gasteiger partial charge in [-0.05, 0) is 18.0 Å². The number of nitrogens with zero attached hydrogens (tertiary/aromatic N) is 4. The van der Waals surface area contributed by atoms with E-state index >= 15 is 0 Å². The Morgan fingerprint density at radius 2 is 2.21 bits per heavy atom. The first-order valence-electron chi connectivity index (χ1n) is 5.42. The van der Waals surface area contributed by atoms with Gasteiger partial charge in [0, 0.05) is 0 Å². The highest BCUT2D eigenvalue weighted by Gasteiger charge is 2.18. The van der Waals surface area contributed by atoms with Gasteiger partial charge in [0.2, 0.25) is 0 Å². The molecule has 0 unspecified atom stereocenters. The van der Waals surface area contributed by atoms with E-state index in [1.165, 1.54) is 6.33 Å². The molecule has 9 heteroatoms. The van der Waals surface area contributed by atoms with Crippen LogP contribution in [0.15, 0.2) is 6.33 Å². The Morgan fingerprint density at radius 3 is 2.95 bits per heavy atom. The van der Waals surface area contributed by atoms with Gasteiger partial charge in [-0.15, -0.1) is 5.10 Å². The molecule has 19 heavy (non-hydrogen) atoms. The fourth-order valence-corrected chi connectivity index (χ4v) is 2.26. The first-order chi connectivity index (χ1) is 9.13. The van der Waals surface area contributed by atoms with Gasteiger partial charge in [0.05, 0.1) is 5.69 Å². The Balaban J connectivity index is 2.21. The van der Waals surface area contributed by atoms with Gasteiger partial charge in [0.15, 0.2) is 11.0 Å². The average Bonchev–Trinajstić information content (AvgIpc) is 2.84. The van der Waals surface area contributed by atoms with Crippen molar-refractivity contribution in [2.24, 2.45) is 0 Å². The molecule has 0 fully saturated rings. The molecule has 2 heterocycles. The minimum Gasteiger partial charge on any atom is -0.304 e. The maximum Gasteiger partial charge on any atom is 0.270 e. The summed E-state index contributed by atoms with van der Waals surface area (Å²) in [5, 5.41) is 6.69. The Labute approximate surface area is 123 Å². The second-order valence-corrected chi connectivity index (χ2v) is 5.07. The summed E-state index contributed by atoms with van der Waals surface area (Å²) in [6.45, 7) is 2.00. The third-order valence-corrected chi connectivity index (χ3v) is 3.74. The molecule has 1 amide bonds. The fraction of sp³-hybridized carbons (Fsp3) is 0.300. The second-order valence-electron chi connectivity index (χ2n) is 3.58. The van der Waals surface area contributed by atoms with Gasteiger partial charge in [-0.1, -0.05) is 41.0 Å². The fourth-order valence-electron chi connectivity index (χ4n) is 1.38. The molecule has 0 saturated heterocycles. The summed E-state index contributed by atoms with van der Waals surface area (Å²) in [6.07, 6.45) is 2.80. The molecule has 0 saturated carbocycles. The summed E-state index contributed by atoms with van der Waals surface area (Å²) >= 11 is 12.7. The van der Waals surface area contributed by atoms with E-state index in [0.29, 0.717) is 17.0 Å². The van der Waals surface area contributed by atoms with Gasteiger partial charge in [-0.3, -0.25) is 4.79 Å². The van der Waals surface area contributed by atoms with Gasteiger partial charge in [-0.25, -0.2) is 9.97 Å². The van der Waals surface area contributed by atoms with Crippen LogP contribution in [0.25, 0.3) is 0 Å². The van der Waals surface area contributed by atoms with Crippen molar-refractivity contribution in [3.8, 4) is 0 Å². The van der Waals surface area contributed by atoms with Crippen molar-refractivity contribution in [1.82, 2.24) is 19.6 Å². The third-order valence-electron chi connectivity index (χ3n) is 2.23. The number of nitrogens with one attached hydrogen (secondary N) is 1. The molecular weight excluding hydrogens is 309 g/mol. The van der Waals surface area contributed by atoms with E-state index in [1.54, 1.807) is 0 Å². The maximum absolute atomic E-state index is 12.1. The summed E-state index contributed by atoms with van der Waals surface area (Å²) in [5.41, 5.74) is 0.668. The number of halogens is 2. The molecule has 0 aliphatic carbocycles. The van der Waals surface area contributed by atoms with Crippen LogP contribution >= 0.6 is 34.7 Å². The van der Waals surface area contributed by atoms with Gasteiger partial charge in [0.25, 0.3) is 5.91 Å². The maximum atomic E-state index is 12.1. The number of aryl methyl sites for hydroxylation is 1. The van der Waals surface area contributed by atoms with Crippen molar-refractivity contribution in [2.75, 3.05) is 5.32 Å². The van der Waals surface area contributed by atoms with Crippen LogP contribution in [-0.2, 0) is 6.42 Å². The molecule has 100 valence electrons. The van der Waals surface area contributed by atoms with E-state index in [0.717, 1.165) is 18.0 Å². The van der Waals surface area contributed by atoms with Crippen molar-refractivity contribution in [1.29, 1.82) is 0 Å². The minimum absolute atomic E-state index is 0.0863. The lowest BCUT2D eigenvalue weighted by Crippen LogP contribution is -2.14. The third kappa shape index (κ3) is 3.17. The summed E-state index contributed by atoms with van der Waals surface area (Å²) in [4.78, 5) is 20.1. The van der Waals surface area contributed by atoms with E-state index in [4.69, 9.17) is 23.2 Å². The van der Waals surface area contributed by atoms with Crippen molar-refractivity contribution < 1.29 is 4.79 Å². The number of carbonyl (C=O) groups excluding carboxylic acids is 1. The molecular formula is C10H9Cl2N5OS. The molecule has 6 nitrogen and oxygen atoms in total. The largest absolute Gasteiger partial charge is 0.304 e. The number of hydrogen-bond acceptors (Lipinski definition) is 6. The van der Waals surface area contributed by atoms with Crippen molar-refractivity contribution in [3.05, 3.63) is 27.1 Å². The standard InChI is InChI=1S/C10H9Cl2N5OS/c1-2-3-5-7(19-17-16-5)10(18)15-9-6(11)8(12)13-4-14-9/h4H,2-3H2,1H3,(H,13,14,15,18). The molecule has 1 N–H and O–H groups in total. The first kappa shape index (κ1) is 14.1. The zero-order valence-corrected chi connectivity index (χ0v) is 12.2. The van der Waals surface area contributed by atoms with Crippen LogP contribution in [0, 0.1) is 0 Å². The van der Waals surface area contributed by atoms with Crippen LogP contribution in [0.1, 0.15) is 28.7 Å². The summed E-state index contributed by atoms with van der Waals surface area (Å²) in [5.74, 6) is -0.183. The van der Waals surface area contributed by atoms with Crippen LogP contribution < -0.4 is 5.32 Å². The Morgan fingerprint density at radius 1 is 1.42 bits per heavy atom. The highest BCUT2D eigenvalue weighted by Crippen LogP contribution is 2.26. The SMILES string of the molecule is CCCc1nnsc1C(=O)Nc1ncnc(Cl)c1Cl. The quantitative estimate of drug-likeness (QED) is 0.877. The van der Waals surface area contributed by atoms with Crippen LogP contribution in [0.4, 0.5) is 5.82 Å². The monoisotopic (exact) mass is 317 g/mol. The number of aromatic nitrogens is 4. The number of anilines is 1. The highest BCUT2D eigenvalue weighted by molar-refractivity contribution is 7.08. The van der Waals surface area contributed by atoms with Crippen LogP contribution in [0.5, 0.6) is 0 Å². The summed E-state index contributed by atoms with van der Waals surface area (Å²) in [7, 11) is 0. The lowest BCUT2D eigenvalue weighted by atomic mass is 10.2. The van der Waals surface area contributed by atoms with Crippen molar-refractivity contribution in [3.63, 3.8) is 0 Å². The summed E-state index contributed by atoms with van der Waals surface area (Å²) < 4.78 is 3.78. The minimum atomic E-state index is -0.352. The zero-order valence-electron chi connectivity index (χ0n) is 9.85. The Hall–Kier alpha value is -1.31. The molecule has 2 aromatic rings. The molecule has 0 spiro atoms. The topological polar surface area (TPSA) is 80.7 Å². The number of rotatable bonds is 4.